The summed E-state index contributed by atoms with van der Waals surface area (Å²) in [6.45, 7) is 0. The Hall–Kier alpha value is -2.07. The molecule has 0 radical (unpaired) electrons. The van der Waals surface area contributed by atoms with E-state index in [1.165, 1.54) is 12.1 Å². The number of halogens is 2. The summed E-state index contributed by atoms with van der Waals surface area (Å²) < 4.78 is 13.4. The predicted octanol–water partition coefficient (Wildman–Crippen LogP) is 3.73. The fraction of sp³-hybridized carbons (Fsp3) is 0. The third kappa shape index (κ3) is 1.80. The fourth-order valence-corrected chi connectivity index (χ4v) is 1.90. The number of benzene rings is 2. The molecular weight excluding hydrogens is 255 g/mol. The highest BCUT2D eigenvalue weighted by molar-refractivity contribution is 6.30. The van der Waals surface area contributed by atoms with Crippen LogP contribution in [-0.2, 0) is 0 Å². The third-order valence-corrected chi connectivity index (χ3v) is 2.97. The highest BCUT2D eigenvalue weighted by Crippen LogP contribution is 2.25. The summed E-state index contributed by atoms with van der Waals surface area (Å²) >= 11 is 5.63. The molecule has 0 atom stereocenters. The van der Waals surface area contributed by atoms with E-state index < -0.39 is 5.82 Å². The maximum Gasteiger partial charge on any atom is 0.142 e. The van der Waals surface area contributed by atoms with Gasteiger partial charge in [0.05, 0.1) is 16.1 Å². The van der Waals surface area contributed by atoms with Gasteiger partial charge >= 0.3 is 0 Å². The molecule has 3 aromatic rings. The lowest BCUT2D eigenvalue weighted by atomic mass is 10.2. The monoisotopic (exact) mass is 262 g/mol. The molecule has 5 heteroatoms. The van der Waals surface area contributed by atoms with Gasteiger partial charge in [0.1, 0.15) is 17.4 Å². The van der Waals surface area contributed by atoms with Gasteiger partial charge in [0.15, 0.2) is 0 Å². The Morgan fingerprint density at radius 1 is 1.17 bits per heavy atom. The van der Waals surface area contributed by atoms with Crippen molar-refractivity contribution in [1.82, 2.24) is 9.97 Å². The number of phenolic OH excluding ortho intramolecular Hbond substituents is 1. The molecular formula is C13H8ClFN2O. The molecule has 1 aromatic heterocycles. The zero-order chi connectivity index (χ0) is 12.7. The highest BCUT2D eigenvalue weighted by atomic mass is 35.5. The van der Waals surface area contributed by atoms with Crippen molar-refractivity contribution in [3.63, 3.8) is 0 Å². The molecule has 18 heavy (non-hydrogen) atoms. The lowest BCUT2D eigenvalue weighted by molar-refractivity contribution is 0.476. The van der Waals surface area contributed by atoms with Crippen LogP contribution < -0.4 is 0 Å². The summed E-state index contributed by atoms with van der Waals surface area (Å²) in [6.07, 6.45) is 0. The van der Waals surface area contributed by atoms with E-state index in [4.69, 9.17) is 11.6 Å². The summed E-state index contributed by atoms with van der Waals surface area (Å²) in [6, 6.07) is 9.30. The molecule has 3 rings (SSSR count). The highest BCUT2D eigenvalue weighted by Gasteiger charge is 2.08. The van der Waals surface area contributed by atoms with Crippen LogP contribution >= 0.6 is 11.6 Å². The smallest absolute Gasteiger partial charge is 0.142 e. The topological polar surface area (TPSA) is 48.9 Å². The second kappa shape index (κ2) is 3.99. The van der Waals surface area contributed by atoms with Crippen LogP contribution in [0.2, 0.25) is 5.02 Å². The van der Waals surface area contributed by atoms with Gasteiger partial charge in [-0.25, -0.2) is 9.37 Å². The Labute approximate surface area is 107 Å². The minimum Gasteiger partial charge on any atom is -0.508 e. The number of aromatic amines is 1. The molecule has 0 bridgehead atoms. The average Bonchev–Trinajstić information content (AvgIpc) is 2.75. The van der Waals surface area contributed by atoms with E-state index in [0.29, 0.717) is 22.4 Å². The van der Waals surface area contributed by atoms with Crippen molar-refractivity contribution < 1.29 is 9.50 Å². The fourth-order valence-electron chi connectivity index (χ4n) is 1.78. The molecule has 2 N–H and O–H groups in total. The Balaban J connectivity index is 2.16. The quantitative estimate of drug-likeness (QED) is 0.702. The average molecular weight is 263 g/mol. The van der Waals surface area contributed by atoms with Gasteiger partial charge in [-0.15, -0.1) is 0 Å². The second-order valence-electron chi connectivity index (χ2n) is 3.92. The zero-order valence-corrected chi connectivity index (χ0v) is 9.87. The standard InChI is InChI=1S/C13H8ClFN2O/c14-9-3-1-7(5-10(9)15)13-16-11-4-2-8(18)6-12(11)17-13/h1-6,18H,(H,16,17). The van der Waals surface area contributed by atoms with E-state index in [9.17, 15) is 9.50 Å². The van der Waals surface area contributed by atoms with Gasteiger partial charge in [-0.05, 0) is 30.3 Å². The van der Waals surface area contributed by atoms with Gasteiger partial charge in [-0.1, -0.05) is 11.6 Å². The van der Waals surface area contributed by atoms with Crippen LogP contribution in [0.3, 0.4) is 0 Å². The zero-order valence-electron chi connectivity index (χ0n) is 9.11. The number of imidazole rings is 1. The number of aromatic hydroxyl groups is 1. The number of nitrogens with one attached hydrogen (secondary N) is 1. The number of fused-ring (bicyclic) bond motifs is 1. The lowest BCUT2D eigenvalue weighted by Gasteiger charge is -1.98. The SMILES string of the molecule is Oc1ccc2nc(-c3ccc(Cl)c(F)c3)[nH]c2c1. The molecule has 0 saturated carbocycles. The molecule has 0 aliphatic rings. The summed E-state index contributed by atoms with van der Waals surface area (Å²) in [5.74, 6) is 0.198. The largest absolute Gasteiger partial charge is 0.508 e. The molecule has 2 aromatic carbocycles. The van der Waals surface area contributed by atoms with Crippen LogP contribution in [0.4, 0.5) is 4.39 Å². The van der Waals surface area contributed by atoms with E-state index in [1.807, 2.05) is 0 Å². The van der Waals surface area contributed by atoms with E-state index in [1.54, 1.807) is 24.3 Å². The molecule has 0 aliphatic heterocycles. The predicted molar refractivity (Wildman–Crippen MR) is 68.2 cm³/mol. The van der Waals surface area contributed by atoms with Crippen LogP contribution in [-0.4, -0.2) is 15.1 Å². The van der Waals surface area contributed by atoms with Crippen molar-refractivity contribution in [1.29, 1.82) is 0 Å². The van der Waals surface area contributed by atoms with Crippen LogP contribution in [0.5, 0.6) is 5.75 Å². The molecule has 0 aliphatic carbocycles. The van der Waals surface area contributed by atoms with Crippen molar-refractivity contribution >= 4 is 22.6 Å². The number of rotatable bonds is 1. The van der Waals surface area contributed by atoms with Crippen LogP contribution in [0.1, 0.15) is 0 Å². The van der Waals surface area contributed by atoms with Crippen LogP contribution in [0.25, 0.3) is 22.4 Å². The lowest BCUT2D eigenvalue weighted by Crippen LogP contribution is -1.83. The first kappa shape index (κ1) is 11.0. The maximum atomic E-state index is 13.4. The molecule has 1 heterocycles. The van der Waals surface area contributed by atoms with Crippen molar-refractivity contribution in [2.75, 3.05) is 0 Å². The van der Waals surface area contributed by atoms with Gasteiger partial charge in [0.25, 0.3) is 0 Å². The molecule has 3 nitrogen and oxygen atoms in total. The number of H-pyrrole nitrogens is 1. The Morgan fingerprint density at radius 3 is 2.78 bits per heavy atom. The minimum atomic E-state index is -0.488. The second-order valence-corrected chi connectivity index (χ2v) is 4.32. The van der Waals surface area contributed by atoms with E-state index >= 15 is 0 Å². The number of aromatic nitrogens is 2. The number of hydrogen-bond donors (Lipinski definition) is 2. The number of nitrogens with zero attached hydrogens (tertiary/aromatic N) is 1. The minimum absolute atomic E-state index is 0.0764. The molecule has 0 amide bonds. The van der Waals surface area contributed by atoms with E-state index in [-0.39, 0.29) is 10.8 Å². The van der Waals surface area contributed by atoms with Gasteiger partial charge in [-0.3, -0.25) is 0 Å². The van der Waals surface area contributed by atoms with Gasteiger partial charge < -0.3 is 10.1 Å². The number of hydrogen-bond acceptors (Lipinski definition) is 2. The van der Waals surface area contributed by atoms with Gasteiger partial charge in [-0.2, -0.15) is 0 Å². The normalized spacial score (nSPS) is 11.0. The Kier molecular flexibility index (Phi) is 2.45. The molecule has 0 saturated heterocycles. The van der Waals surface area contributed by atoms with Crippen molar-refractivity contribution in [3.8, 4) is 17.1 Å². The van der Waals surface area contributed by atoms with Crippen molar-refractivity contribution in [3.05, 3.63) is 47.2 Å². The summed E-state index contributed by atoms with van der Waals surface area (Å²) in [4.78, 5) is 7.34. The summed E-state index contributed by atoms with van der Waals surface area (Å²) in [7, 11) is 0. The van der Waals surface area contributed by atoms with Crippen LogP contribution in [0.15, 0.2) is 36.4 Å². The first-order chi connectivity index (χ1) is 8.63. The molecule has 0 unspecified atom stereocenters. The van der Waals surface area contributed by atoms with Gasteiger partial charge in [0.2, 0.25) is 0 Å². The summed E-state index contributed by atoms with van der Waals surface area (Å²) in [5, 5.41) is 9.44. The summed E-state index contributed by atoms with van der Waals surface area (Å²) in [5.41, 5.74) is 2.01. The van der Waals surface area contributed by atoms with Crippen molar-refractivity contribution in [2.24, 2.45) is 0 Å². The first-order valence-electron chi connectivity index (χ1n) is 5.27. The van der Waals surface area contributed by atoms with E-state index in [0.717, 1.165) is 0 Å². The van der Waals surface area contributed by atoms with Crippen molar-refractivity contribution in [2.45, 2.75) is 0 Å². The Morgan fingerprint density at radius 2 is 2.00 bits per heavy atom. The molecule has 90 valence electrons. The first-order valence-corrected chi connectivity index (χ1v) is 5.65. The number of phenols is 1. The van der Waals surface area contributed by atoms with Crippen LogP contribution in [0, 0.1) is 5.82 Å². The van der Waals surface area contributed by atoms with E-state index in [2.05, 4.69) is 9.97 Å². The maximum absolute atomic E-state index is 13.4. The molecule has 0 fully saturated rings. The van der Waals surface area contributed by atoms with Gasteiger partial charge in [0, 0.05) is 11.6 Å². The third-order valence-electron chi connectivity index (χ3n) is 2.66. The Bertz CT molecular complexity index is 739. The molecule has 0 spiro atoms.